The van der Waals surface area contributed by atoms with Gasteiger partial charge in [0.2, 0.25) is 0 Å². The molecule has 0 radical (unpaired) electrons. The number of aliphatic carboxylic acids is 1. The minimum atomic E-state index is -3.19. The van der Waals surface area contributed by atoms with Gasteiger partial charge < -0.3 is 5.11 Å². The van der Waals surface area contributed by atoms with E-state index in [-0.39, 0.29) is 5.75 Å². The van der Waals surface area contributed by atoms with Gasteiger partial charge in [-0.25, -0.2) is 8.42 Å². The molecule has 1 aliphatic rings. The molecule has 3 aromatic rings. The van der Waals surface area contributed by atoms with E-state index in [1.165, 1.54) is 0 Å². The molecule has 0 spiro atoms. The molecule has 1 unspecified atom stereocenters. The van der Waals surface area contributed by atoms with Crippen LogP contribution in [-0.2, 0) is 27.5 Å². The number of sulfone groups is 1. The van der Waals surface area contributed by atoms with Crippen molar-refractivity contribution in [1.82, 2.24) is 4.98 Å². The van der Waals surface area contributed by atoms with Crippen LogP contribution < -0.4 is 0 Å². The first-order valence-corrected chi connectivity index (χ1v) is 10.4. The fourth-order valence-corrected chi connectivity index (χ4v) is 5.29. The Labute approximate surface area is 158 Å². The molecule has 27 heavy (non-hydrogen) atoms. The van der Waals surface area contributed by atoms with Crippen molar-refractivity contribution >= 4 is 26.6 Å². The van der Waals surface area contributed by atoms with Crippen molar-refractivity contribution in [3.05, 3.63) is 77.6 Å². The summed E-state index contributed by atoms with van der Waals surface area (Å²) in [7, 11) is -3.19. The van der Waals surface area contributed by atoms with Gasteiger partial charge in [0, 0.05) is 19.3 Å². The van der Waals surface area contributed by atoms with E-state index in [0.29, 0.717) is 12.8 Å². The molecule has 0 saturated heterocycles. The van der Waals surface area contributed by atoms with Crippen molar-refractivity contribution in [2.75, 3.05) is 5.75 Å². The Balaban J connectivity index is 0.000000481. The van der Waals surface area contributed by atoms with Crippen molar-refractivity contribution in [3.63, 3.8) is 0 Å². The van der Waals surface area contributed by atoms with Crippen molar-refractivity contribution in [3.8, 4) is 0 Å². The first-order chi connectivity index (χ1) is 12.9. The third-order valence-electron chi connectivity index (χ3n) is 4.63. The number of hydrogen-bond acceptors (Lipinski definition) is 4. The zero-order valence-corrected chi connectivity index (χ0v) is 15.8. The predicted octanol–water partition coefficient (Wildman–Crippen LogP) is 3.58. The number of carboxylic acid groups (broad SMARTS) is 1. The lowest BCUT2D eigenvalue weighted by Crippen LogP contribution is -2.18. The summed E-state index contributed by atoms with van der Waals surface area (Å²) < 4.78 is 25.8. The lowest BCUT2D eigenvalue weighted by atomic mass is 10.1. The number of carbonyl (C=O) groups is 1. The molecule has 0 bridgehead atoms. The summed E-state index contributed by atoms with van der Waals surface area (Å²) in [6.45, 7) is 1.08. The second kappa shape index (κ2) is 7.88. The predicted molar refractivity (Wildman–Crippen MR) is 105 cm³/mol. The number of hydrogen-bond donors (Lipinski definition) is 1. The summed E-state index contributed by atoms with van der Waals surface area (Å²) in [6.07, 6.45) is 4.53. The molecule has 1 aromatic heterocycles. The van der Waals surface area contributed by atoms with Crippen LogP contribution in [-0.4, -0.2) is 30.2 Å². The summed E-state index contributed by atoms with van der Waals surface area (Å²) in [5, 5.41) is 9.27. The average Bonchev–Trinajstić information content (AvgIpc) is 3.03. The average molecular weight is 383 g/mol. The van der Waals surface area contributed by atoms with E-state index in [1.807, 2.05) is 48.5 Å². The van der Waals surface area contributed by atoms with Crippen LogP contribution >= 0.6 is 0 Å². The Morgan fingerprint density at radius 3 is 2.41 bits per heavy atom. The molecule has 0 amide bonds. The van der Waals surface area contributed by atoms with Crippen molar-refractivity contribution in [2.24, 2.45) is 0 Å². The normalized spacial score (nSPS) is 15.2. The van der Waals surface area contributed by atoms with Crippen molar-refractivity contribution in [1.29, 1.82) is 0 Å². The van der Waals surface area contributed by atoms with Crippen LogP contribution in [0.5, 0.6) is 0 Å². The first-order valence-electron chi connectivity index (χ1n) is 8.69. The Morgan fingerprint density at radius 1 is 1.11 bits per heavy atom. The highest BCUT2D eigenvalue weighted by atomic mass is 32.2. The SMILES string of the molecule is CC(=O)O.O=S(=O)(CCc1ccncc1)C1Cc2cccc3cccc1c23. The molecule has 0 aliphatic heterocycles. The number of benzene rings is 2. The van der Waals surface area contributed by atoms with Crippen LogP contribution in [0.1, 0.15) is 28.9 Å². The second-order valence-corrected chi connectivity index (χ2v) is 8.85. The molecular formula is C21H21NO4S. The van der Waals surface area contributed by atoms with Crippen LogP contribution in [0.3, 0.4) is 0 Å². The Bertz CT molecular complexity index is 1050. The summed E-state index contributed by atoms with van der Waals surface area (Å²) >= 11 is 0. The van der Waals surface area contributed by atoms with E-state index < -0.39 is 21.1 Å². The number of aromatic nitrogens is 1. The Morgan fingerprint density at radius 2 is 1.74 bits per heavy atom. The molecule has 4 rings (SSSR count). The van der Waals surface area contributed by atoms with E-state index in [9.17, 15) is 8.42 Å². The fraction of sp³-hybridized carbons (Fsp3) is 0.238. The van der Waals surface area contributed by atoms with Gasteiger partial charge in [-0.1, -0.05) is 36.4 Å². The summed E-state index contributed by atoms with van der Waals surface area (Å²) in [5.74, 6) is -0.661. The Hall–Kier alpha value is -2.73. The Kier molecular flexibility index (Phi) is 5.56. The maximum Gasteiger partial charge on any atom is 0.300 e. The van der Waals surface area contributed by atoms with E-state index >= 15 is 0 Å². The maximum absolute atomic E-state index is 12.9. The smallest absolute Gasteiger partial charge is 0.300 e. The van der Waals surface area contributed by atoms with Gasteiger partial charge in [-0.3, -0.25) is 9.78 Å². The van der Waals surface area contributed by atoms with Gasteiger partial charge >= 0.3 is 0 Å². The molecule has 6 heteroatoms. The lowest BCUT2D eigenvalue weighted by molar-refractivity contribution is -0.134. The van der Waals surface area contributed by atoms with Crippen molar-refractivity contribution < 1.29 is 18.3 Å². The van der Waals surface area contributed by atoms with E-state index in [0.717, 1.165) is 34.4 Å². The van der Waals surface area contributed by atoms with E-state index in [2.05, 4.69) is 4.98 Å². The minimum Gasteiger partial charge on any atom is -0.481 e. The van der Waals surface area contributed by atoms with Gasteiger partial charge in [-0.2, -0.15) is 0 Å². The van der Waals surface area contributed by atoms with Gasteiger partial charge in [0.05, 0.1) is 11.0 Å². The second-order valence-electron chi connectivity index (χ2n) is 6.55. The monoisotopic (exact) mass is 383 g/mol. The zero-order chi connectivity index (χ0) is 19.4. The number of aryl methyl sites for hydroxylation is 1. The quantitative estimate of drug-likeness (QED) is 0.744. The molecule has 1 heterocycles. The van der Waals surface area contributed by atoms with Gasteiger partial charge in [-0.15, -0.1) is 0 Å². The standard InChI is InChI=1S/C19H17NO2S.C2H4O2/c21-23(22,12-9-14-7-10-20-11-8-14)18-13-16-5-1-3-15-4-2-6-17(18)19(15)16;1-2(3)4/h1-8,10-11,18H,9,12-13H2;1H3,(H,3,4). The van der Waals surface area contributed by atoms with Crippen LogP contribution in [0, 0.1) is 0 Å². The van der Waals surface area contributed by atoms with Crippen LogP contribution in [0.2, 0.25) is 0 Å². The molecule has 5 nitrogen and oxygen atoms in total. The van der Waals surface area contributed by atoms with Gasteiger partial charge in [0.25, 0.3) is 5.97 Å². The molecule has 1 atom stereocenters. The highest BCUT2D eigenvalue weighted by molar-refractivity contribution is 7.91. The topological polar surface area (TPSA) is 84.3 Å². The highest BCUT2D eigenvalue weighted by Gasteiger charge is 2.33. The lowest BCUT2D eigenvalue weighted by Gasteiger charge is -2.13. The third-order valence-corrected chi connectivity index (χ3v) is 6.69. The van der Waals surface area contributed by atoms with Crippen LogP contribution in [0.15, 0.2) is 60.9 Å². The van der Waals surface area contributed by atoms with Crippen LogP contribution in [0.4, 0.5) is 0 Å². The van der Waals surface area contributed by atoms with Gasteiger partial charge in [0.15, 0.2) is 9.84 Å². The molecule has 0 fully saturated rings. The third kappa shape index (κ3) is 4.34. The van der Waals surface area contributed by atoms with Gasteiger partial charge in [0.1, 0.15) is 0 Å². The summed E-state index contributed by atoms with van der Waals surface area (Å²) in [4.78, 5) is 13.0. The molecule has 2 aromatic carbocycles. The summed E-state index contributed by atoms with van der Waals surface area (Å²) in [6, 6.07) is 15.8. The number of nitrogens with zero attached hydrogens (tertiary/aromatic N) is 1. The molecule has 0 saturated carbocycles. The molecule has 1 N–H and O–H groups in total. The summed E-state index contributed by atoms with van der Waals surface area (Å²) in [5.41, 5.74) is 3.13. The van der Waals surface area contributed by atoms with Gasteiger partial charge in [-0.05, 0) is 52.4 Å². The first kappa shape index (κ1) is 19.0. The maximum atomic E-state index is 12.9. The minimum absolute atomic E-state index is 0.173. The zero-order valence-electron chi connectivity index (χ0n) is 15.0. The number of carboxylic acids is 1. The van der Waals surface area contributed by atoms with E-state index in [4.69, 9.17) is 9.90 Å². The fourth-order valence-electron chi connectivity index (χ4n) is 3.47. The number of rotatable bonds is 4. The molecule has 140 valence electrons. The van der Waals surface area contributed by atoms with Crippen LogP contribution in [0.25, 0.3) is 10.8 Å². The largest absolute Gasteiger partial charge is 0.481 e. The molecule has 1 aliphatic carbocycles. The highest BCUT2D eigenvalue weighted by Crippen LogP contribution is 2.41. The van der Waals surface area contributed by atoms with Crippen molar-refractivity contribution in [2.45, 2.75) is 25.0 Å². The molecular weight excluding hydrogens is 362 g/mol. The van der Waals surface area contributed by atoms with E-state index in [1.54, 1.807) is 12.4 Å². The number of pyridine rings is 1.